The molecule has 1 heterocycles. The zero-order valence-corrected chi connectivity index (χ0v) is 16.2. The number of aromatic nitrogens is 1. The molecule has 6 heteroatoms. The molecule has 0 spiro atoms. The fourth-order valence-corrected chi connectivity index (χ4v) is 3.56. The minimum atomic E-state index is -0.0982. The van der Waals surface area contributed by atoms with Crippen LogP contribution in [0.1, 0.15) is 18.2 Å². The molecule has 134 valence electrons. The molecule has 0 saturated carbocycles. The van der Waals surface area contributed by atoms with Gasteiger partial charge in [-0.2, -0.15) is 0 Å². The normalized spacial score (nSPS) is 10.6. The van der Waals surface area contributed by atoms with E-state index in [1.54, 1.807) is 6.07 Å². The van der Waals surface area contributed by atoms with Gasteiger partial charge in [-0.25, -0.2) is 4.98 Å². The molecule has 0 bridgehead atoms. The topological polar surface area (TPSA) is 51.2 Å². The fraction of sp³-hybridized carbons (Fsp3) is 0.200. The van der Waals surface area contributed by atoms with E-state index in [2.05, 4.69) is 10.3 Å². The first-order valence-electron chi connectivity index (χ1n) is 8.29. The van der Waals surface area contributed by atoms with E-state index in [1.807, 2.05) is 55.6 Å². The number of rotatable bonds is 6. The van der Waals surface area contributed by atoms with E-state index in [4.69, 9.17) is 16.3 Å². The summed E-state index contributed by atoms with van der Waals surface area (Å²) in [5.74, 6) is 0.740. The summed E-state index contributed by atoms with van der Waals surface area (Å²) in [4.78, 5) is 16.9. The maximum Gasteiger partial charge on any atom is 0.230 e. The average molecular weight is 387 g/mol. The number of ether oxygens (including phenoxy) is 1. The van der Waals surface area contributed by atoms with Crippen molar-refractivity contribution in [2.24, 2.45) is 0 Å². The predicted octanol–water partition coefficient (Wildman–Crippen LogP) is 5.35. The first-order chi connectivity index (χ1) is 12.5. The second kappa shape index (κ2) is 8.34. The van der Waals surface area contributed by atoms with Crippen LogP contribution in [-0.2, 0) is 11.2 Å². The minimum Gasteiger partial charge on any atom is -0.494 e. The number of nitrogens with one attached hydrogen (secondary N) is 1. The van der Waals surface area contributed by atoms with Crippen LogP contribution in [0.25, 0.3) is 10.6 Å². The number of benzene rings is 2. The second-order valence-corrected chi connectivity index (χ2v) is 7.08. The van der Waals surface area contributed by atoms with Crippen LogP contribution < -0.4 is 10.1 Å². The average Bonchev–Trinajstić information content (AvgIpc) is 3.07. The largest absolute Gasteiger partial charge is 0.494 e. The first kappa shape index (κ1) is 18.4. The van der Waals surface area contributed by atoms with Crippen molar-refractivity contribution in [1.29, 1.82) is 0 Å². The quantitative estimate of drug-likeness (QED) is 0.621. The van der Waals surface area contributed by atoms with Crippen LogP contribution in [0.5, 0.6) is 5.75 Å². The van der Waals surface area contributed by atoms with E-state index in [0.717, 1.165) is 33.3 Å². The van der Waals surface area contributed by atoms with Gasteiger partial charge >= 0.3 is 0 Å². The summed E-state index contributed by atoms with van der Waals surface area (Å²) in [7, 11) is 0. The van der Waals surface area contributed by atoms with Crippen LogP contribution in [0, 0.1) is 6.92 Å². The Balaban J connectivity index is 1.65. The molecule has 0 aliphatic rings. The number of carbonyl (C=O) groups excluding carboxylic acids is 1. The molecule has 1 amide bonds. The van der Waals surface area contributed by atoms with Crippen molar-refractivity contribution >= 4 is 34.5 Å². The Morgan fingerprint density at radius 2 is 2.00 bits per heavy atom. The van der Waals surface area contributed by atoms with Crippen molar-refractivity contribution in [2.75, 3.05) is 11.9 Å². The molecule has 0 aliphatic heterocycles. The Bertz CT molecular complexity index is 906. The molecule has 26 heavy (non-hydrogen) atoms. The van der Waals surface area contributed by atoms with Gasteiger partial charge in [0.15, 0.2) is 0 Å². The summed E-state index contributed by atoms with van der Waals surface area (Å²) in [5, 5.41) is 6.36. The molecule has 0 saturated heterocycles. The van der Waals surface area contributed by atoms with Gasteiger partial charge in [-0.15, -0.1) is 11.3 Å². The highest BCUT2D eigenvalue weighted by Gasteiger charge is 2.11. The lowest BCUT2D eigenvalue weighted by atomic mass is 10.2. The van der Waals surface area contributed by atoms with Gasteiger partial charge in [0.05, 0.1) is 18.7 Å². The van der Waals surface area contributed by atoms with Gasteiger partial charge in [-0.05, 0) is 61.9 Å². The van der Waals surface area contributed by atoms with Crippen molar-refractivity contribution < 1.29 is 9.53 Å². The smallest absolute Gasteiger partial charge is 0.230 e. The van der Waals surface area contributed by atoms with Gasteiger partial charge in [0.2, 0.25) is 5.91 Å². The van der Waals surface area contributed by atoms with Gasteiger partial charge in [-0.1, -0.05) is 11.6 Å². The summed E-state index contributed by atoms with van der Waals surface area (Å²) in [6.45, 7) is 4.51. The monoisotopic (exact) mass is 386 g/mol. The third-order valence-corrected chi connectivity index (χ3v) is 4.94. The number of carbonyl (C=O) groups is 1. The van der Waals surface area contributed by atoms with E-state index < -0.39 is 0 Å². The Morgan fingerprint density at radius 3 is 2.69 bits per heavy atom. The highest BCUT2D eigenvalue weighted by molar-refractivity contribution is 7.13. The zero-order chi connectivity index (χ0) is 18.5. The van der Waals surface area contributed by atoms with Crippen molar-refractivity contribution in [2.45, 2.75) is 20.3 Å². The number of amides is 1. The lowest BCUT2D eigenvalue weighted by Gasteiger charge is -2.07. The third kappa shape index (κ3) is 4.62. The fourth-order valence-electron chi connectivity index (χ4n) is 2.51. The van der Waals surface area contributed by atoms with Gasteiger partial charge in [0.1, 0.15) is 10.8 Å². The van der Waals surface area contributed by atoms with Crippen LogP contribution in [0.15, 0.2) is 47.8 Å². The SMILES string of the molecule is CCOc1ccc(-c2nc(CC(=O)Nc3ccc(Cl)cc3C)cs2)cc1. The molecule has 3 rings (SSSR count). The number of thiazole rings is 1. The number of halogens is 1. The van der Waals surface area contributed by atoms with Crippen LogP contribution in [0.4, 0.5) is 5.69 Å². The highest BCUT2D eigenvalue weighted by atomic mass is 35.5. The summed E-state index contributed by atoms with van der Waals surface area (Å²) < 4.78 is 5.45. The molecule has 1 N–H and O–H groups in total. The van der Waals surface area contributed by atoms with Gasteiger partial charge in [0.25, 0.3) is 0 Å². The molecule has 0 fully saturated rings. The molecular weight excluding hydrogens is 368 g/mol. The van der Waals surface area contributed by atoms with E-state index >= 15 is 0 Å². The predicted molar refractivity (Wildman–Crippen MR) is 107 cm³/mol. The Hall–Kier alpha value is -2.37. The summed E-state index contributed by atoms with van der Waals surface area (Å²) in [5.41, 5.74) is 3.46. The van der Waals surface area contributed by atoms with Crippen molar-refractivity contribution in [3.8, 4) is 16.3 Å². The Kier molecular flexibility index (Phi) is 5.91. The van der Waals surface area contributed by atoms with E-state index in [0.29, 0.717) is 11.6 Å². The van der Waals surface area contributed by atoms with Crippen LogP contribution in [-0.4, -0.2) is 17.5 Å². The molecule has 4 nitrogen and oxygen atoms in total. The lowest BCUT2D eigenvalue weighted by Crippen LogP contribution is -2.15. The molecule has 0 aliphatic carbocycles. The molecule has 0 atom stereocenters. The molecular formula is C20H19ClN2O2S. The minimum absolute atomic E-state index is 0.0982. The molecule has 1 aromatic heterocycles. The van der Waals surface area contributed by atoms with Crippen LogP contribution >= 0.6 is 22.9 Å². The lowest BCUT2D eigenvalue weighted by molar-refractivity contribution is -0.115. The number of anilines is 1. The van der Waals surface area contributed by atoms with E-state index in [-0.39, 0.29) is 12.3 Å². The van der Waals surface area contributed by atoms with Gasteiger partial charge in [0, 0.05) is 21.7 Å². The standard InChI is InChI=1S/C20H19ClN2O2S/c1-3-25-17-7-4-14(5-8-17)20-22-16(12-26-20)11-19(24)23-18-9-6-15(21)10-13(18)2/h4-10,12H,3,11H2,1-2H3,(H,23,24). The number of nitrogens with zero attached hydrogens (tertiary/aromatic N) is 1. The molecule has 3 aromatic rings. The van der Waals surface area contributed by atoms with Gasteiger partial charge < -0.3 is 10.1 Å². The van der Waals surface area contributed by atoms with Crippen LogP contribution in [0.2, 0.25) is 5.02 Å². The van der Waals surface area contributed by atoms with Crippen LogP contribution in [0.3, 0.4) is 0 Å². The number of aryl methyl sites for hydroxylation is 1. The summed E-state index contributed by atoms with van der Waals surface area (Å²) in [6, 6.07) is 13.2. The molecule has 0 radical (unpaired) electrons. The maximum absolute atomic E-state index is 12.3. The van der Waals surface area contributed by atoms with E-state index in [9.17, 15) is 4.79 Å². The van der Waals surface area contributed by atoms with Crippen molar-refractivity contribution in [1.82, 2.24) is 4.98 Å². The van der Waals surface area contributed by atoms with Gasteiger partial charge in [-0.3, -0.25) is 4.79 Å². The first-order valence-corrected chi connectivity index (χ1v) is 9.54. The third-order valence-electron chi connectivity index (χ3n) is 3.77. The number of hydrogen-bond acceptors (Lipinski definition) is 4. The molecule has 2 aromatic carbocycles. The Labute approximate surface area is 161 Å². The Morgan fingerprint density at radius 1 is 1.23 bits per heavy atom. The second-order valence-electron chi connectivity index (χ2n) is 5.79. The summed E-state index contributed by atoms with van der Waals surface area (Å²) >= 11 is 7.47. The number of hydrogen-bond donors (Lipinski definition) is 1. The van der Waals surface area contributed by atoms with Crippen molar-refractivity contribution in [3.63, 3.8) is 0 Å². The zero-order valence-electron chi connectivity index (χ0n) is 14.6. The van der Waals surface area contributed by atoms with Crippen molar-refractivity contribution in [3.05, 3.63) is 64.1 Å². The van der Waals surface area contributed by atoms with E-state index in [1.165, 1.54) is 11.3 Å². The summed E-state index contributed by atoms with van der Waals surface area (Å²) in [6.07, 6.45) is 0.232. The molecule has 0 unspecified atom stereocenters. The maximum atomic E-state index is 12.3. The highest BCUT2D eigenvalue weighted by Crippen LogP contribution is 2.26.